The first-order valence-electron chi connectivity index (χ1n) is 9.65. The van der Waals surface area contributed by atoms with Crippen molar-refractivity contribution in [2.24, 2.45) is 0 Å². The third-order valence-electron chi connectivity index (χ3n) is 5.14. The average molecular weight is 480 g/mol. The van der Waals surface area contributed by atoms with Gasteiger partial charge in [0.1, 0.15) is 10.7 Å². The van der Waals surface area contributed by atoms with Crippen LogP contribution in [0.3, 0.4) is 0 Å². The molecule has 0 amide bonds. The van der Waals surface area contributed by atoms with Gasteiger partial charge in [0.05, 0.1) is 5.02 Å². The molecule has 9 heteroatoms. The minimum Gasteiger partial charge on any atom is -0.368 e. The summed E-state index contributed by atoms with van der Waals surface area (Å²) in [7, 11) is -3.83. The molecule has 0 bridgehead atoms. The van der Waals surface area contributed by atoms with Gasteiger partial charge in [0.15, 0.2) is 0 Å². The highest BCUT2D eigenvalue weighted by molar-refractivity contribution is 7.92. The Morgan fingerprint density at radius 2 is 1.29 bits per heavy atom. The van der Waals surface area contributed by atoms with Crippen molar-refractivity contribution in [3.63, 3.8) is 0 Å². The molecule has 1 aliphatic heterocycles. The Balaban J connectivity index is 1.40. The zero-order chi connectivity index (χ0) is 22.0. The van der Waals surface area contributed by atoms with Gasteiger partial charge in [0.2, 0.25) is 0 Å². The van der Waals surface area contributed by atoms with Gasteiger partial charge in [-0.2, -0.15) is 0 Å². The van der Waals surface area contributed by atoms with Crippen LogP contribution in [0.15, 0.2) is 71.6 Å². The number of piperazine rings is 1. The molecule has 0 unspecified atom stereocenters. The number of halogens is 3. The van der Waals surface area contributed by atoms with Crippen LogP contribution in [0, 0.1) is 5.82 Å². The fourth-order valence-corrected chi connectivity index (χ4v) is 5.35. The molecule has 0 saturated carbocycles. The maximum atomic E-state index is 13.1. The van der Waals surface area contributed by atoms with E-state index in [1.807, 2.05) is 12.1 Å². The quantitative estimate of drug-likeness (QED) is 0.542. The molecule has 3 aromatic rings. The van der Waals surface area contributed by atoms with Crippen LogP contribution < -0.4 is 14.5 Å². The molecule has 1 saturated heterocycles. The molecular formula is C22H20Cl2FN3O2S. The summed E-state index contributed by atoms with van der Waals surface area (Å²) >= 11 is 11.9. The maximum Gasteiger partial charge on any atom is 0.263 e. The molecule has 1 heterocycles. The van der Waals surface area contributed by atoms with Gasteiger partial charge in [-0.15, -0.1) is 0 Å². The Morgan fingerprint density at radius 3 is 1.81 bits per heavy atom. The van der Waals surface area contributed by atoms with Crippen LogP contribution in [0.5, 0.6) is 0 Å². The van der Waals surface area contributed by atoms with Gasteiger partial charge >= 0.3 is 0 Å². The molecule has 1 N–H and O–H groups in total. The van der Waals surface area contributed by atoms with Gasteiger partial charge in [-0.3, -0.25) is 4.72 Å². The van der Waals surface area contributed by atoms with Crippen LogP contribution in [0.25, 0.3) is 0 Å². The van der Waals surface area contributed by atoms with Gasteiger partial charge in [0.25, 0.3) is 10.0 Å². The Labute approximate surface area is 191 Å². The lowest BCUT2D eigenvalue weighted by molar-refractivity contribution is 0.601. The van der Waals surface area contributed by atoms with Gasteiger partial charge in [-0.1, -0.05) is 23.2 Å². The summed E-state index contributed by atoms with van der Waals surface area (Å²) in [6.07, 6.45) is 0. The lowest BCUT2D eigenvalue weighted by atomic mass is 10.2. The third kappa shape index (κ3) is 5.06. The number of anilines is 3. The molecular weight excluding hydrogens is 460 g/mol. The van der Waals surface area contributed by atoms with E-state index < -0.39 is 10.0 Å². The molecule has 1 fully saturated rings. The van der Waals surface area contributed by atoms with E-state index in [1.165, 1.54) is 30.3 Å². The van der Waals surface area contributed by atoms with E-state index in [9.17, 15) is 12.8 Å². The average Bonchev–Trinajstić information content (AvgIpc) is 2.74. The summed E-state index contributed by atoms with van der Waals surface area (Å²) in [5.74, 6) is -0.239. The highest BCUT2D eigenvalue weighted by atomic mass is 35.5. The number of hydrogen-bond donors (Lipinski definition) is 1. The van der Waals surface area contributed by atoms with E-state index in [-0.39, 0.29) is 15.7 Å². The van der Waals surface area contributed by atoms with Crippen molar-refractivity contribution >= 4 is 50.3 Å². The van der Waals surface area contributed by atoms with Crippen molar-refractivity contribution in [2.75, 3.05) is 40.7 Å². The lowest BCUT2D eigenvalue weighted by Crippen LogP contribution is -2.46. The number of rotatable bonds is 5. The maximum absolute atomic E-state index is 13.1. The number of benzene rings is 3. The van der Waals surface area contributed by atoms with Crippen LogP contribution in [-0.2, 0) is 10.0 Å². The zero-order valence-electron chi connectivity index (χ0n) is 16.4. The summed E-state index contributed by atoms with van der Waals surface area (Å²) in [4.78, 5) is 4.42. The largest absolute Gasteiger partial charge is 0.368 e. The van der Waals surface area contributed by atoms with E-state index >= 15 is 0 Å². The van der Waals surface area contributed by atoms with E-state index in [0.717, 1.165) is 37.6 Å². The second-order valence-electron chi connectivity index (χ2n) is 7.18. The second-order valence-corrected chi connectivity index (χ2v) is 9.67. The van der Waals surface area contributed by atoms with Crippen molar-refractivity contribution in [1.29, 1.82) is 0 Å². The first kappa shape index (κ1) is 21.7. The summed E-state index contributed by atoms with van der Waals surface area (Å²) in [5, 5.41) is 0.434. The summed E-state index contributed by atoms with van der Waals surface area (Å²) in [6.45, 7) is 3.25. The molecule has 0 radical (unpaired) electrons. The smallest absolute Gasteiger partial charge is 0.263 e. The third-order valence-corrected chi connectivity index (χ3v) is 7.24. The molecule has 0 spiro atoms. The van der Waals surface area contributed by atoms with Crippen molar-refractivity contribution in [2.45, 2.75) is 4.90 Å². The highest BCUT2D eigenvalue weighted by Crippen LogP contribution is 2.28. The van der Waals surface area contributed by atoms with Gasteiger partial charge in [-0.25, -0.2) is 12.8 Å². The molecule has 0 aromatic heterocycles. The number of hydrogen-bond acceptors (Lipinski definition) is 4. The summed E-state index contributed by atoms with van der Waals surface area (Å²) in [5.41, 5.74) is 2.46. The van der Waals surface area contributed by atoms with Crippen LogP contribution >= 0.6 is 23.2 Å². The van der Waals surface area contributed by atoms with Crippen molar-refractivity contribution in [1.82, 2.24) is 0 Å². The van der Waals surface area contributed by atoms with E-state index in [1.54, 1.807) is 24.3 Å². The van der Waals surface area contributed by atoms with Crippen molar-refractivity contribution in [3.05, 3.63) is 82.6 Å². The van der Waals surface area contributed by atoms with Crippen molar-refractivity contribution < 1.29 is 12.8 Å². The first-order valence-corrected chi connectivity index (χ1v) is 11.9. The second kappa shape index (κ2) is 8.94. The lowest BCUT2D eigenvalue weighted by Gasteiger charge is -2.37. The summed E-state index contributed by atoms with van der Waals surface area (Å²) in [6, 6.07) is 18.0. The monoisotopic (exact) mass is 479 g/mol. The molecule has 4 rings (SSSR count). The van der Waals surface area contributed by atoms with Gasteiger partial charge in [-0.05, 0) is 66.7 Å². The fraction of sp³-hybridized carbons (Fsp3) is 0.182. The van der Waals surface area contributed by atoms with E-state index in [0.29, 0.717) is 10.7 Å². The number of nitrogens with zero attached hydrogens (tertiary/aromatic N) is 2. The highest BCUT2D eigenvalue weighted by Gasteiger charge is 2.20. The number of sulfonamides is 1. The van der Waals surface area contributed by atoms with Crippen molar-refractivity contribution in [3.8, 4) is 0 Å². The molecule has 3 aromatic carbocycles. The molecule has 162 valence electrons. The van der Waals surface area contributed by atoms with E-state index in [4.69, 9.17) is 23.2 Å². The molecule has 0 aliphatic carbocycles. The Bertz CT molecular complexity index is 1160. The Kier molecular flexibility index (Phi) is 6.27. The van der Waals surface area contributed by atoms with Gasteiger partial charge < -0.3 is 9.80 Å². The Morgan fingerprint density at radius 1 is 0.774 bits per heavy atom. The fourth-order valence-electron chi connectivity index (χ4n) is 3.52. The predicted molar refractivity (Wildman–Crippen MR) is 125 cm³/mol. The first-order chi connectivity index (χ1) is 14.8. The Hall–Kier alpha value is -2.48. The SMILES string of the molecule is O=S(=O)(Nc1ccc(N2CCN(c3ccc(F)cc3)CC2)cc1)c1ccc(Cl)cc1Cl. The predicted octanol–water partition coefficient (Wildman–Crippen LogP) is 5.26. The topological polar surface area (TPSA) is 52.7 Å². The van der Waals surface area contributed by atoms with Gasteiger partial charge in [0, 0.05) is 48.3 Å². The minimum absolute atomic E-state index is 0.0282. The number of nitrogens with one attached hydrogen (secondary N) is 1. The van der Waals surface area contributed by atoms with Crippen LogP contribution in [0.1, 0.15) is 0 Å². The normalized spacial score (nSPS) is 14.5. The molecule has 5 nitrogen and oxygen atoms in total. The van der Waals surface area contributed by atoms with Crippen LogP contribution in [0.4, 0.5) is 21.5 Å². The summed E-state index contributed by atoms with van der Waals surface area (Å²) < 4.78 is 40.9. The standard InChI is InChI=1S/C22H20Cl2FN3O2S/c23-16-1-10-22(21(24)15-16)31(29,30)26-18-4-8-20(9-5-18)28-13-11-27(12-14-28)19-6-2-17(25)3-7-19/h1-10,15,26H,11-14H2. The van der Waals surface area contributed by atoms with Crippen LogP contribution in [-0.4, -0.2) is 34.6 Å². The zero-order valence-corrected chi connectivity index (χ0v) is 18.8. The van der Waals surface area contributed by atoms with Crippen LogP contribution in [0.2, 0.25) is 10.0 Å². The van der Waals surface area contributed by atoms with E-state index in [2.05, 4.69) is 14.5 Å². The molecule has 31 heavy (non-hydrogen) atoms. The molecule has 1 aliphatic rings. The molecule has 0 atom stereocenters. The minimum atomic E-state index is -3.83.